The number of morpholine rings is 1. The van der Waals surface area contributed by atoms with Gasteiger partial charge in [0, 0.05) is 0 Å². The Morgan fingerprint density at radius 3 is 2.81 bits per heavy atom. The summed E-state index contributed by atoms with van der Waals surface area (Å²) in [5, 5.41) is 0. The van der Waals surface area contributed by atoms with Crippen LogP contribution in [-0.4, -0.2) is 41.9 Å². The predicted octanol–water partition coefficient (Wildman–Crippen LogP) is 3.07. The summed E-state index contributed by atoms with van der Waals surface area (Å²) in [4.78, 5) is 14.2. The summed E-state index contributed by atoms with van der Waals surface area (Å²) < 4.78 is 16.6. The van der Waals surface area contributed by atoms with Crippen LogP contribution in [0.4, 0.5) is 4.79 Å². The molecule has 0 aromatic carbocycles. The van der Waals surface area contributed by atoms with Crippen LogP contribution in [0.2, 0.25) is 0 Å². The van der Waals surface area contributed by atoms with Gasteiger partial charge >= 0.3 is 6.09 Å². The maximum absolute atomic E-state index is 12.4. The lowest BCUT2D eigenvalue weighted by molar-refractivity contribution is -0.0512. The van der Waals surface area contributed by atoms with E-state index in [9.17, 15) is 4.79 Å². The molecule has 2 aliphatic rings. The van der Waals surface area contributed by atoms with Gasteiger partial charge in [-0.05, 0) is 44.9 Å². The van der Waals surface area contributed by atoms with Gasteiger partial charge in [-0.2, -0.15) is 0 Å². The second-order valence-corrected chi connectivity index (χ2v) is 6.52. The minimum Gasteiger partial charge on any atom is -0.465 e. The van der Waals surface area contributed by atoms with Gasteiger partial charge in [0.25, 0.3) is 0 Å². The lowest BCUT2D eigenvalue weighted by Gasteiger charge is -2.44. The van der Waals surface area contributed by atoms with Crippen molar-refractivity contribution in [3.63, 3.8) is 0 Å². The van der Waals surface area contributed by atoms with Gasteiger partial charge < -0.3 is 13.9 Å². The zero-order valence-corrected chi connectivity index (χ0v) is 12.7. The number of hydrogen-bond donors (Lipinski definition) is 0. The predicted molar refractivity (Wildman–Crippen MR) is 77.8 cm³/mol. The van der Waals surface area contributed by atoms with Gasteiger partial charge in [-0.15, -0.1) is 0 Å². The molecule has 0 spiro atoms. The number of amides is 1. The number of furan rings is 1. The summed E-state index contributed by atoms with van der Waals surface area (Å²) in [6.45, 7) is 6.68. The van der Waals surface area contributed by atoms with Gasteiger partial charge in [-0.25, -0.2) is 4.79 Å². The standard InChI is InChI=1S/C16H21NO4/c1-16(2,3)21-15(18)17-12-7-11(14-5-4-6-20-14)8-13(17)10-19-9-12/h4-7,12-13H,8-10H2,1-3H3. The molecule has 0 saturated carbocycles. The minimum absolute atomic E-state index is 0.00343. The van der Waals surface area contributed by atoms with E-state index in [0.717, 1.165) is 17.8 Å². The molecule has 5 heteroatoms. The van der Waals surface area contributed by atoms with Crippen LogP contribution in [0.1, 0.15) is 33.0 Å². The van der Waals surface area contributed by atoms with Crippen LogP contribution in [0.5, 0.6) is 0 Å². The zero-order valence-electron chi connectivity index (χ0n) is 12.7. The van der Waals surface area contributed by atoms with E-state index in [-0.39, 0.29) is 18.2 Å². The van der Waals surface area contributed by atoms with Crippen molar-refractivity contribution in [2.75, 3.05) is 13.2 Å². The van der Waals surface area contributed by atoms with E-state index in [1.54, 1.807) is 11.2 Å². The van der Waals surface area contributed by atoms with Crippen LogP contribution in [0.3, 0.4) is 0 Å². The fourth-order valence-electron chi connectivity index (χ4n) is 2.84. The Bertz CT molecular complexity index is 541. The number of nitrogens with zero attached hydrogens (tertiary/aromatic N) is 1. The summed E-state index contributed by atoms with van der Waals surface area (Å²) in [7, 11) is 0. The number of carbonyl (C=O) groups is 1. The Hall–Kier alpha value is -1.75. The van der Waals surface area contributed by atoms with E-state index in [4.69, 9.17) is 13.9 Å². The van der Waals surface area contributed by atoms with Crippen molar-refractivity contribution in [1.29, 1.82) is 0 Å². The normalized spacial score (nSPS) is 25.5. The van der Waals surface area contributed by atoms with Crippen LogP contribution >= 0.6 is 0 Å². The van der Waals surface area contributed by atoms with Crippen molar-refractivity contribution < 1.29 is 18.7 Å². The van der Waals surface area contributed by atoms with Crippen LogP contribution in [0, 0.1) is 0 Å². The third kappa shape index (κ3) is 2.97. The number of ether oxygens (including phenoxy) is 2. The highest BCUT2D eigenvalue weighted by Gasteiger charge is 2.40. The van der Waals surface area contributed by atoms with E-state index in [1.165, 1.54) is 0 Å². The summed E-state index contributed by atoms with van der Waals surface area (Å²) >= 11 is 0. The molecule has 2 atom stereocenters. The van der Waals surface area contributed by atoms with Crippen LogP contribution in [0.15, 0.2) is 28.9 Å². The molecular formula is C16H21NO4. The number of rotatable bonds is 1. The molecule has 5 nitrogen and oxygen atoms in total. The summed E-state index contributed by atoms with van der Waals surface area (Å²) in [5.41, 5.74) is 0.648. The summed E-state index contributed by atoms with van der Waals surface area (Å²) in [6, 6.07) is 3.74. The van der Waals surface area contributed by atoms with Gasteiger partial charge in [0.2, 0.25) is 0 Å². The second kappa shape index (κ2) is 5.22. The average molecular weight is 291 g/mol. The first-order valence-electron chi connectivity index (χ1n) is 7.28. The van der Waals surface area contributed by atoms with Crippen LogP contribution in [-0.2, 0) is 9.47 Å². The van der Waals surface area contributed by atoms with E-state index in [0.29, 0.717) is 13.2 Å². The molecule has 1 aromatic rings. The minimum atomic E-state index is -0.489. The average Bonchev–Trinajstić information content (AvgIpc) is 2.88. The third-order valence-corrected chi connectivity index (χ3v) is 3.64. The van der Waals surface area contributed by atoms with Gasteiger partial charge in [-0.1, -0.05) is 6.08 Å². The molecule has 2 aliphatic heterocycles. The van der Waals surface area contributed by atoms with Gasteiger partial charge in [-0.3, -0.25) is 4.90 Å². The van der Waals surface area contributed by atoms with Crippen LogP contribution in [0.25, 0.3) is 5.57 Å². The summed E-state index contributed by atoms with van der Waals surface area (Å²) in [6.07, 6.45) is 4.18. The lowest BCUT2D eigenvalue weighted by atomic mass is 9.93. The number of carbonyl (C=O) groups excluding carboxylic acids is 1. The molecule has 1 saturated heterocycles. The van der Waals surface area contributed by atoms with Gasteiger partial charge in [0.05, 0.1) is 31.6 Å². The molecule has 0 radical (unpaired) electrons. The Balaban J connectivity index is 1.83. The molecule has 3 rings (SSSR count). The van der Waals surface area contributed by atoms with E-state index in [1.807, 2.05) is 32.9 Å². The first-order valence-corrected chi connectivity index (χ1v) is 7.28. The van der Waals surface area contributed by atoms with Crippen molar-refractivity contribution in [3.8, 4) is 0 Å². The fourth-order valence-corrected chi connectivity index (χ4v) is 2.84. The van der Waals surface area contributed by atoms with E-state index in [2.05, 4.69) is 6.08 Å². The quantitative estimate of drug-likeness (QED) is 0.798. The number of hydrogen-bond acceptors (Lipinski definition) is 4. The fraction of sp³-hybridized carbons (Fsp3) is 0.562. The Kier molecular flexibility index (Phi) is 3.53. The smallest absolute Gasteiger partial charge is 0.411 e. The Labute approximate surface area is 124 Å². The molecule has 0 N–H and O–H groups in total. The third-order valence-electron chi connectivity index (χ3n) is 3.64. The first-order chi connectivity index (χ1) is 9.94. The topological polar surface area (TPSA) is 51.9 Å². The van der Waals surface area contributed by atoms with E-state index < -0.39 is 5.60 Å². The maximum atomic E-state index is 12.4. The zero-order chi connectivity index (χ0) is 15.0. The molecule has 1 aromatic heterocycles. The largest absolute Gasteiger partial charge is 0.465 e. The molecule has 2 bridgehead atoms. The van der Waals surface area contributed by atoms with Crippen molar-refractivity contribution in [2.24, 2.45) is 0 Å². The van der Waals surface area contributed by atoms with Crippen LogP contribution < -0.4 is 0 Å². The monoisotopic (exact) mass is 291 g/mol. The highest BCUT2D eigenvalue weighted by atomic mass is 16.6. The van der Waals surface area contributed by atoms with Gasteiger partial charge in [0.1, 0.15) is 11.4 Å². The molecule has 3 heterocycles. The molecule has 21 heavy (non-hydrogen) atoms. The highest BCUT2D eigenvalue weighted by molar-refractivity contribution is 5.73. The molecule has 1 amide bonds. The van der Waals surface area contributed by atoms with E-state index >= 15 is 0 Å². The molecule has 0 aliphatic carbocycles. The van der Waals surface area contributed by atoms with Gasteiger partial charge in [0.15, 0.2) is 0 Å². The number of fused-ring (bicyclic) bond motifs is 2. The Morgan fingerprint density at radius 2 is 2.19 bits per heavy atom. The lowest BCUT2D eigenvalue weighted by Crippen LogP contribution is -2.57. The molecule has 2 unspecified atom stereocenters. The summed E-state index contributed by atoms with van der Waals surface area (Å²) in [5.74, 6) is 0.871. The Morgan fingerprint density at radius 1 is 1.38 bits per heavy atom. The molecular weight excluding hydrogens is 270 g/mol. The molecule has 114 valence electrons. The van der Waals surface area contributed by atoms with Crippen molar-refractivity contribution in [1.82, 2.24) is 4.90 Å². The SMILES string of the molecule is CC(C)(C)OC(=O)N1C2C=C(c3ccco3)CC1COC2. The maximum Gasteiger partial charge on any atom is 0.411 e. The van der Waals surface area contributed by atoms with Crippen molar-refractivity contribution in [3.05, 3.63) is 30.2 Å². The van der Waals surface area contributed by atoms with Crippen molar-refractivity contribution >= 4 is 11.7 Å². The first kappa shape index (κ1) is 14.2. The van der Waals surface area contributed by atoms with Crippen molar-refractivity contribution in [2.45, 2.75) is 44.9 Å². The second-order valence-electron chi connectivity index (χ2n) is 6.52. The highest BCUT2D eigenvalue weighted by Crippen LogP contribution is 2.33. The molecule has 1 fully saturated rings.